The van der Waals surface area contributed by atoms with Crippen LogP contribution in [0.25, 0.3) is 11.0 Å². The predicted octanol–water partition coefficient (Wildman–Crippen LogP) is 1.63. The molecule has 2 heterocycles. The number of primary amides is 1. The van der Waals surface area contributed by atoms with Crippen molar-refractivity contribution < 1.29 is 23.1 Å². The average molecular weight is 368 g/mol. The second-order valence-corrected chi connectivity index (χ2v) is 6.04. The van der Waals surface area contributed by atoms with Gasteiger partial charge in [-0.3, -0.25) is 14.4 Å². The maximum absolute atomic E-state index is 13.5. The minimum absolute atomic E-state index is 0.0664. The van der Waals surface area contributed by atoms with Crippen LogP contribution in [0.2, 0.25) is 0 Å². The van der Waals surface area contributed by atoms with Gasteiger partial charge in [-0.05, 0) is 35.9 Å². The zero-order chi connectivity index (χ0) is 19.1. The maximum atomic E-state index is 13.5. The third-order valence-electron chi connectivity index (χ3n) is 4.25. The third-order valence-corrected chi connectivity index (χ3v) is 4.25. The van der Waals surface area contributed by atoms with Crippen molar-refractivity contribution in [1.82, 2.24) is 5.32 Å². The van der Waals surface area contributed by atoms with E-state index >= 15 is 0 Å². The number of carbonyl (C=O) groups is 2. The van der Waals surface area contributed by atoms with Gasteiger partial charge in [0.1, 0.15) is 17.1 Å². The first kappa shape index (κ1) is 16.8. The molecule has 0 bridgehead atoms. The summed E-state index contributed by atoms with van der Waals surface area (Å²) < 4.78 is 24.3. The van der Waals surface area contributed by atoms with Gasteiger partial charge in [-0.2, -0.15) is 0 Å². The lowest BCUT2D eigenvalue weighted by atomic mass is 9.99. The molecule has 0 spiro atoms. The Morgan fingerprint density at radius 1 is 1.19 bits per heavy atom. The summed E-state index contributed by atoms with van der Waals surface area (Å²) in [4.78, 5) is 35.9. The molecule has 1 aliphatic heterocycles. The molecular weight excluding hydrogens is 355 g/mol. The molecule has 2 aromatic carbocycles. The van der Waals surface area contributed by atoms with Crippen LogP contribution in [0.3, 0.4) is 0 Å². The molecule has 1 atom stereocenters. The Morgan fingerprint density at radius 2 is 1.93 bits per heavy atom. The van der Waals surface area contributed by atoms with Gasteiger partial charge >= 0.3 is 0 Å². The topological polar surface area (TPSA) is 112 Å². The average Bonchev–Trinajstić information content (AvgIpc) is 2.98. The van der Waals surface area contributed by atoms with E-state index < -0.39 is 29.1 Å². The molecule has 2 amide bonds. The van der Waals surface area contributed by atoms with Crippen molar-refractivity contribution in [1.29, 1.82) is 0 Å². The summed E-state index contributed by atoms with van der Waals surface area (Å²) in [5, 5.41) is 2.76. The molecule has 3 N–H and O–H groups in total. The van der Waals surface area contributed by atoms with E-state index in [4.69, 9.17) is 14.9 Å². The number of hydrogen-bond acceptors (Lipinski definition) is 5. The lowest BCUT2D eigenvalue weighted by Crippen LogP contribution is -2.22. The number of nitrogens with two attached hydrogens (primary N) is 1. The molecule has 1 aliphatic rings. The minimum atomic E-state index is -0.735. The van der Waals surface area contributed by atoms with Crippen LogP contribution in [0.4, 0.5) is 4.39 Å². The van der Waals surface area contributed by atoms with E-state index in [1.807, 2.05) is 0 Å². The zero-order valence-electron chi connectivity index (χ0n) is 13.8. The summed E-state index contributed by atoms with van der Waals surface area (Å²) in [6.45, 7) is -0.260. The highest BCUT2D eigenvalue weighted by Gasteiger charge is 2.35. The molecule has 0 saturated heterocycles. The Balaban J connectivity index is 1.76. The summed E-state index contributed by atoms with van der Waals surface area (Å²) in [7, 11) is 0. The number of ether oxygens (including phenoxy) is 1. The number of fused-ring (bicyclic) bond motifs is 2. The molecule has 8 heteroatoms. The molecule has 0 saturated carbocycles. The van der Waals surface area contributed by atoms with Crippen molar-refractivity contribution in [3.8, 4) is 5.75 Å². The molecule has 1 aromatic heterocycles. The quantitative estimate of drug-likeness (QED) is 0.727. The highest BCUT2D eigenvalue weighted by molar-refractivity contribution is 5.98. The van der Waals surface area contributed by atoms with Crippen molar-refractivity contribution in [3.63, 3.8) is 0 Å². The van der Waals surface area contributed by atoms with Crippen LogP contribution in [0.1, 0.15) is 27.7 Å². The summed E-state index contributed by atoms with van der Waals surface area (Å²) in [5.41, 5.74) is 5.44. The molecular formula is C19H13FN2O5. The number of rotatable bonds is 4. The minimum Gasteiger partial charge on any atom is -0.484 e. The van der Waals surface area contributed by atoms with Gasteiger partial charge in [-0.25, -0.2) is 4.39 Å². The normalized spacial score (nSPS) is 15.4. The van der Waals surface area contributed by atoms with Crippen molar-refractivity contribution in [2.45, 2.75) is 6.04 Å². The van der Waals surface area contributed by atoms with E-state index in [2.05, 4.69) is 5.32 Å². The Bertz CT molecular complexity index is 1140. The largest absolute Gasteiger partial charge is 0.484 e. The fourth-order valence-electron chi connectivity index (χ4n) is 3.04. The van der Waals surface area contributed by atoms with Gasteiger partial charge in [0.05, 0.1) is 17.0 Å². The fourth-order valence-corrected chi connectivity index (χ4v) is 3.04. The van der Waals surface area contributed by atoms with Gasteiger partial charge in [0.2, 0.25) is 5.76 Å². The predicted molar refractivity (Wildman–Crippen MR) is 92.9 cm³/mol. The molecule has 0 fully saturated rings. The molecule has 0 unspecified atom stereocenters. The highest BCUT2D eigenvalue weighted by atomic mass is 19.1. The van der Waals surface area contributed by atoms with Crippen LogP contribution in [0.15, 0.2) is 51.7 Å². The monoisotopic (exact) mass is 368 g/mol. The Hall–Kier alpha value is -3.68. The smallest absolute Gasteiger partial charge is 0.288 e. The summed E-state index contributed by atoms with van der Waals surface area (Å²) in [6, 6.07) is 9.29. The number of carbonyl (C=O) groups excluding carboxylic acids is 2. The summed E-state index contributed by atoms with van der Waals surface area (Å²) >= 11 is 0. The Kier molecular flexibility index (Phi) is 3.88. The Labute approximate surface area is 151 Å². The molecule has 136 valence electrons. The van der Waals surface area contributed by atoms with Crippen molar-refractivity contribution in [2.24, 2.45) is 5.73 Å². The van der Waals surface area contributed by atoms with Gasteiger partial charge in [0.15, 0.2) is 12.0 Å². The number of halogens is 1. The third kappa shape index (κ3) is 2.91. The van der Waals surface area contributed by atoms with Crippen LogP contribution in [-0.2, 0) is 4.79 Å². The standard InChI is InChI=1S/C19H13FN2O5/c20-10-3-6-13-12(7-10)17(24)15-16(22-19(25)18(15)27-13)9-1-4-11(5-2-9)26-8-14(21)23/h1-7,16H,8H2,(H2,21,23)(H,22,25)/t16-/m0/s1. The molecule has 4 rings (SSSR count). The SMILES string of the molecule is NC(=O)COc1ccc([C@@H]2NC(=O)c3oc4ccc(F)cc4c(=O)c32)cc1. The van der Waals surface area contributed by atoms with Crippen LogP contribution in [-0.4, -0.2) is 18.4 Å². The second-order valence-electron chi connectivity index (χ2n) is 6.04. The molecule has 3 aromatic rings. The van der Waals surface area contributed by atoms with Gasteiger partial charge in [-0.1, -0.05) is 12.1 Å². The first-order valence-electron chi connectivity index (χ1n) is 8.02. The highest BCUT2D eigenvalue weighted by Crippen LogP contribution is 2.31. The summed E-state index contributed by atoms with van der Waals surface area (Å²) in [6.07, 6.45) is 0. The van der Waals surface area contributed by atoms with Crippen molar-refractivity contribution in [2.75, 3.05) is 6.61 Å². The van der Waals surface area contributed by atoms with Gasteiger partial charge in [0, 0.05) is 0 Å². The van der Waals surface area contributed by atoms with E-state index in [0.29, 0.717) is 11.3 Å². The second kappa shape index (κ2) is 6.24. The molecule has 0 radical (unpaired) electrons. The fraction of sp³-hybridized carbons (Fsp3) is 0.105. The summed E-state index contributed by atoms with van der Waals surface area (Å²) in [5.74, 6) is -1.37. The zero-order valence-corrected chi connectivity index (χ0v) is 13.8. The number of nitrogens with one attached hydrogen (secondary N) is 1. The van der Waals surface area contributed by atoms with Crippen molar-refractivity contribution >= 4 is 22.8 Å². The van der Waals surface area contributed by atoms with E-state index in [9.17, 15) is 18.8 Å². The van der Waals surface area contributed by atoms with E-state index in [1.54, 1.807) is 24.3 Å². The van der Waals surface area contributed by atoms with E-state index in [-0.39, 0.29) is 28.9 Å². The number of amides is 2. The van der Waals surface area contributed by atoms with Crippen LogP contribution in [0.5, 0.6) is 5.75 Å². The van der Waals surface area contributed by atoms with Gasteiger partial charge in [-0.15, -0.1) is 0 Å². The maximum Gasteiger partial charge on any atom is 0.288 e. The van der Waals surface area contributed by atoms with E-state index in [1.165, 1.54) is 6.07 Å². The Morgan fingerprint density at radius 3 is 2.63 bits per heavy atom. The number of hydrogen-bond donors (Lipinski definition) is 2. The van der Waals surface area contributed by atoms with Gasteiger partial charge < -0.3 is 20.2 Å². The van der Waals surface area contributed by atoms with Crippen LogP contribution < -0.4 is 21.2 Å². The molecule has 27 heavy (non-hydrogen) atoms. The number of benzene rings is 2. The van der Waals surface area contributed by atoms with E-state index in [0.717, 1.165) is 12.1 Å². The van der Waals surface area contributed by atoms with Crippen LogP contribution >= 0.6 is 0 Å². The first-order valence-corrected chi connectivity index (χ1v) is 8.02. The lowest BCUT2D eigenvalue weighted by molar-refractivity contribution is -0.119. The first-order chi connectivity index (χ1) is 12.9. The lowest BCUT2D eigenvalue weighted by Gasteiger charge is -2.12. The van der Waals surface area contributed by atoms with Gasteiger partial charge in [0.25, 0.3) is 11.8 Å². The molecule has 7 nitrogen and oxygen atoms in total. The molecule has 0 aliphatic carbocycles. The van der Waals surface area contributed by atoms with Crippen molar-refractivity contribution in [3.05, 3.63) is 75.4 Å². The van der Waals surface area contributed by atoms with Crippen LogP contribution in [0, 0.1) is 5.82 Å².